The quantitative estimate of drug-likeness (QED) is 0.565. The summed E-state index contributed by atoms with van der Waals surface area (Å²) in [6.45, 7) is 4.35. The van der Waals surface area contributed by atoms with E-state index in [1.54, 1.807) is 0 Å². The summed E-state index contributed by atoms with van der Waals surface area (Å²) in [5.41, 5.74) is 2.78. The molecule has 2 aromatic rings. The molecular weight excluding hydrogens is 163 g/mol. The first-order valence-electron chi connectivity index (χ1n) is 4.10. The van der Waals surface area contributed by atoms with Gasteiger partial charge >= 0.3 is 0 Å². The monoisotopic (exact) mass is 174 g/mol. The maximum absolute atomic E-state index is 2.20. The van der Waals surface area contributed by atoms with Crippen LogP contribution in [-0.2, 0) is 0 Å². The summed E-state index contributed by atoms with van der Waals surface area (Å²) in [7, 11) is 1.34. The normalized spacial score (nSPS) is 11.2. The Hall–Kier alpha value is -0.870. The maximum Gasteiger partial charge on any atom is 0.0122 e. The van der Waals surface area contributed by atoms with E-state index in [9.17, 15) is 0 Å². The Kier molecular flexibility index (Phi) is 1.86. The molecule has 0 atom stereocenters. The van der Waals surface area contributed by atoms with E-state index in [1.807, 2.05) is 0 Å². The van der Waals surface area contributed by atoms with Crippen molar-refractivity contribution >= 4 is 18.7 Å². The topological polar surface area (TPSA) is 0 Å². The molecule has 0 nitrogen and oxygen atoms in total. The number of fused-ring (bicyclic) bond motifs is 1. The lowest BCUT2D eigenvalue weighted by Crippen LogP contribution is -1.78. The van der Waals surface area contributed by atoms with Gasteiger partial charge in [-0.15, -0.1) is 0 Å². The first-order chi connectivity index (χ1) is 5.79. The summed E-state index contributed by atoms with van der Waals surface area (Å²) in [5.74, 6) is 2.19. The van der Waals surface area contributed by atoms with Gasteiger partial charge in [-0.05, 0) is 36.2 Å². The molecule has 0 saturated heterocycles. The molecule has 1 aromatic heterocycles. The smallest absolute Gasteiger partial charge is 0.0122 e. The van der Waals surface area contributed by atoms with Gasteiger partial charge in [0.15, 0.2) is 0 Å². The number of aryl methyl sites for hydroxylation is 2. The van der Waals surface area contributed by atoms with Crippen LogP contribution in [0, 0.1) is 13.8 Å². The fourth-order valence-corrected chi connectivity index (χ4v) is 2.45. The molecule has 0 amide bonds. The molecule has 0 bridgehead atoms. The number of hydrogen-bond acceptors (Lipinski definition) is 0. The minimum Gasteiger partial charge on any atom is -0.0675 e. The zero-order valence-electron chi connectivity index (χ0n) is 7.33. The summed E-state index contributed by atoms with van der Waals surface area (Å²) in [4.78, 5) is 0. The van der Waals surface area contributed by atoms with E-state index < -0.39 is 0 Å². The standard InChI is InChI=1S/C11H11P/c1-8-5-6-9(2)11-10(8)4-3-7-12-11/h3-7H,1-2H3. The summed E-state index contributed by atoms with van der Waals surface area (Å²) >= 11 is 0. The molecular formula is C11H11P. The Morgan fingerprint density at radius 2 is 1.75 bits per heavy atom. The van der Waals surface area contributed by atoms with Crippen LogP contribution in [0.5, 0.6) is 0 Å². The van der Waals surface area contributed by atoms with Crippen molar-refractivity contribution in [1.82, 2.24) is 0 Å². The SMILES string of the molecule is Cc1ccc(C)c2pcccc12. The van der Waals surface area contributed by atoms with Crippen molar-refractivity contribution in [2.45, 2.75) is 13.8 Å². The lowest BCUT2D eigenvalue weighted by atomic mass is 10.1. The first-order valence-corrected chi connectivity index (χ1v) is 5.06. The average molecular weight is 174 g/mol. The van der Waals surface area contributed by atoms with Crippen LogP contribution in [0.3, 0.4) is 0 Å². The van der Waals surface area contributed by atoms with E-state index in [1.165, 1.54) is 29.8 Å². The van der Waals surface area contributed by atoms with Crippen molar-refractivity contribution in [3.8, 4) is 0 Å². The Morgan fingerprint density at radius 3 is 2.50 bits per heavy atom. The molecule has 60 valence electrons. The highest BCUT2D eigenvalue weighted by Gasteiger charge is 1.97. The third-order valence-electron chi connectivity index (χ3n) is 2.19. The zero-order valence-corrected chi connectivity index (χ0v) is 8.23. The number of benzene rings is 1. The second-order valence-corrected chi connectivity index (χ2v) is 4.10. The molecule has 1 heterocycles. The Bertz CT molecular complexity index is 378. The van der Waals surface area contributed by atoms with Crippen molar-refractivity contribution < 1.29 is 0 Å². The lowest BCUT2D eigenvalue weighted by molar-refractivity contribution is 1.48. The predicted molar refractivity (Wildman–Crippen MR) is 55.9 cm³/mol. The highest BCUT2D eigenvalue weighted by atomic mass is 31.0. The van der Waals surface area contributed by atoms with Crippen molar-refractivity contribution in [2.75, 3.05) is 0 Å². The highest BCUT2D eigenvalue weighted by Crippen LogP contribution is 2.28. The zero-order chi connectivity index (χ0) is 8.55. The van der Waals surface area contributed by atoms with E-state index in [4.69, 9.17) is 0 Å². The van der Waals surface area contributed by atoms with Gasteiger partial charge < -0.3 is 0 Å². The van der Waals surface area contributed by atoms with Crippen molar-refractivity contribution in [3.63, 3.8) is 0 Å². The number of rotatable bonds is 0. The Morgan fingerprint density at radius 1 is 1.00 bits per heavy atom. The fraction of sp³-hybridized carbons (Fsp3) is 0.182. The molecule has 0 saturated carbocycles. The molecule has 12 heavy (non-hydrogen) atoms. The summed E-state index contributed by atoms with van der Waals surface area (Å²) in [5, 5.41) is 2.89. The molecule has 0 radical (unpaired) electrons. The van der Waals surface area contributed by atoms with Crippen LogP contribution in [0.1, 0.15) is 11.1 Å². The van der Waals surface area contributed by atoms with E-state index in [0.29, 0.717) is 0 Å². The fourth-order valence-electron chi connectivity index (χ4n) is 1.46. The first kappa shape index (κ1) is 7.76. The summed E-state index contributed by atoms with van der Waals surface area (Å²) < 4.78 is 0. The minimum absolute atomic E-state index is 1.34. The van der Waals surface area contributed by atoms with Crippen LogP contribution in [0.25, 0.3) is 10.5 Å². The van der Waals surface area contributed by atoms with Gasteiger partial charge in [0.25, 0.3) is 0 Å². The van der Waals surface area contributed by atoms with Crippen LogP contribution in [-0.4, -0.2) is 0 Å². The summed E-state index contributed by atoms with van der Waals surface area (Å²) in [6.07, 6.45) is 0. The van der Waals surface area contributed by atoms with E-state index >= 15 is 0 Å². The van der Waals surface area contributed by atoms with Crippen LogP contribution < -0.4 is 0 Å². The molecule has 1 aromatic carbocycles. The van der Waals surface area contributed by atoms with Crippen LogP contribution in [0.15, 0.2) is 30.1 Å². The molecule has 2 rings (SSSR count). The van der Waals surface area contributed by atoms with E-state index in [-0.39, 0.29) is 0 Å². The summed E-state index contributed by atoms with van der Waals surface area (Å²) in [6, 6.07) is 8.73. The second-order valence-electron chi connectivity index (χ2n) is 3.10. The molecule has 0 aliphatic carbocycles. The molecule has 0 aliphatic rings. The van der Waals surface area contributed by atoms with E-state index in [2.05, 4.69) is 43.9 Å². The van der Waals surface area contributed by atoms with Gasteiger partial charge in [-0.1, -0.05) is 32.5 Å². The largest absolute Gasteiger partial charge is 0.0675 e. The van der Waals surface area contributed by atoms with Crippen LogP contribution >= 0.6 is 8.19 Å². The average Bonchev–Trinajstić information content (AvgIpc) is 2.12. The van der Waals surface area contributed by atoms with Gasteiger partial charge in [-0.3, -0.25) is 0 Å². The predicted octanol–water partition coefficient (Wildman–Crippen LogP) is 4.04. The molecule has 0 N–H and O–H groups in total. The van der Waals surface area contributed by atoms with Crippen molar-refractivity contribution in [1.29, 1.82) is 0 Å². The van der Waals surface area contributed by atoms with Crippen LogP contribution in [0.4, 0.5) is 0 Å². The van der Waals surface area contributed by atoms with Gasteiger partial charge in [0.2, 0.25) is 0 Å². The Balaban J connectivity index is 2.95. The van der Waals surface area contributed by atoms with Gasteiger partial charge in [-0.2, -0.15) is 0 Å². The molecule has 0 aliphatic heterocycles. The molecule has 0 fully saturated rings. The molecule has 0 unspecified atom stereocenters. The van der Waals surface area contributed by atoms with E-state index in [0.717, 1.165) is 0 Å². The lowest BCUT2D eigenvalue weighted by Gasteiger charge is -2.03. The van der Waals surface area contributed by atoms with Gasteiger partial charge in [-0.25, -0.2) is 0 Å². The second kappa shape index (κ2) is 2.88. The third kappa shape index (κ3) is 1.13. The Labute approximate surface area is 74.3 Å². The van der Waals surface area contributed by atoms with Crippen LogP contribution in [0.2, 0.25) is 0 Å². The van der Waals surface area contributed by atoms with Gasteiger partial charge in [0, 0.05) is 5.12 Å². The van der Waals surface area contributed by atoms with Gasteiger partial charge in [0.1, 0.15) is 0 Å². The highest BCUT2D eigenvalue weighted by molar-refractivity contribution is 7.36. The third-order valence-corrected chi connectivity index (χ3v) is 3.36. The van der Waals surface area contributed by atoms with Gasteiger partial charge in [0.05, 0.1) is 0 Å². The number of hydrogen-bond donors (Lipinski definition) is 0. The van der Waals surface area contributed by atoms with Crippen molar-refractivity contribution in [3.05, 3.63) is 41.2 Å². The van der Waals surface area contributed by atoms with Crippen molar-refractivity contribution in [2.24, 2.45) is 0 Å². The minimum atomic E-state index is 1.34. The maximum atomic E-state index is 2.20. The molecule has 0 spiro atoms. The molecule has 1 heteroatoms.